The molecular formula is C17H21N3O. The summed E-state index contributed by atoms with van der Waals surface area (Å²) in [6.07, 6.45) is 3.35. The Kier molecular flexibility index (Phi) is 3.80. The van der Waals surface area contributed by atoms with E-state index in [1.807, 2.05) is 30.3 Å². The largest absolute Gasteiger partial charge is 0.394 e. The van der Waals surface area contributed by atoms with Gasteiger partial charge >= 0.3 is 0 Å². The molecule has 0 radical (unpaired) electrons. The van der Waals surface area contributed by atoms with Gasteiger partial charge in [0.15, 0.2) is 0 Å². The number of rotatable bonds is 3. The monoisotopic (exact) mass is 283 g/mol. The molecule has 1 aliphatic heterocycles. The molecule has 1 unspecified atom stereocenters. The molecule has 21 heavy (non-hydrogen) atoms. The minimum absolute atomic E-state index is 0.0927. The van der Waals surface area contributed by atoms with Crippen LogP contribution in [0.4, 0.5) is 5.69 Å². The van der Waals surface area contributed by atoms with Crippen molar-refractivity contribution in [1.82, 2.24) is 0 Å². The first-order valence-corrected chi connectivity index (χ1v) is 7.46. The predicted molar refractivity (Wildman–Crippen MR) is 87.0 cm³/mol. The van der Waals surface area contributed by atoms with Gasteiger partial charge in [-0.1, -0.05) is 24.3 Å². The van der Waals surface area contributed by atoms with E-state index >= 15 is 0 Å². The molecule has 1 saturated heterocycles. The SMILES string of the molecule is N=C(N)c1ccc(N2CCCCC2CO)c2ccccc12. The fourth-order valence-corrected chi connectivity index (χ4v) is 3.28. The van der Waals surface area contributed by atoms with Gasteiger partial charge in [0.05, 0.1) is 12.6 Å². The van der Waals surface area contributed by atoms with Gasteiger partial charge in [-0.25, -0.2) is 0 Å². The maximum absolute atomic E-state index is 9.64. The second-order valence-corrected chi connectivity index (χ2v) is 5.62. The second kappa shape index (κ2) is 5.74. The third-order valence-corrected chi connectivity index (χ3v) is 4.34. The summed E-state index contributed by atoms with van der Waals surface area (Å²) < 4.78 is 0. The average Bonchev–Trinajstić information content (AvgIpc) is 2.53. The van der Waals surface area contributed by atoms with Crippen molar-refractivity contribution in [2.24, 2.45) is 5.73 Å². The molecule has 1 heterocycles. The van der Waals surface area contributed by atoms with E-state index in [-0.39, 0.29) is 18.5 Å². The predicted octanol–water partition coefficient (Wildman–Crippen LogP) is 2.48. The third kappa shape index (κ3) is 2.47. The van der Waals surface area contributed by atoms with Gasteiger partial charge in [0.1, 0.15) is 5.84 Å². The maximum Gasteiger partial charge on any atom is 0.123 e. The molecule has 1 fully saturated rings. The van der Waals surface area contributed by atoms with Crippen LogP contribution in [0.5, 0.6) is 0 Å². The standard InChI is InChI=1S/C17H21N3O/c18-17(19)15-8-9-16(14-7-2-1-6-13(14)15)20-10-4-3-5-12(20)11-21/h1-2,6-9,12,21H,3-5,10-11H2,(H3,18,19). The molecule has 0 aliphatic carbocycles. The topological polar surface area (TPSA) is 73.3 Å². The smallest absolute Gasteiger partial charge is 0.123 e. The minimum atomic E-state index is 0.0927. The van der Waals surface area contributed by atoms with Gasteiger partial charge in [-0.3, -0.25) is 5.41 Å². The van der Waals surface area contributed by atoms with E-state index in [9.17, 15) is 5.11 Å². The molecule has 110 valence electrons. The summed E-state index contributed by atoms with van der Waals surface area (Å²) in [5.41, 5.74) is 7.60. The van der Waals surface area contributed by atoms with Crippen LogP contribution in [-0.2, 0) is 0 Å². The first kappa shape index (κ1) is 13.9. The Hall–Kier alpha value is -2.07. The Balaban J connectivity index is 2.15. The first-order valence-electron chi connectivity index (χ1n) is 7.46. The molecule has 0 aromatic heterocycles. The third-order valence-electron chi connectivity index (χ3n) is 4.34. The Bertz CT molecular complexity index is 668. The summed E-state index contributed by atoms with van der Waals surface area (Å²) >= 11 is 0. The van der Waals surface area contributed by atoms with Crippen LogP contribution in [0.1, 0.15) is 24.8 Å². The van der Waals surface area contributed by atoms with E-state index in [0.717, 1.165) is 41.4 Å². The lowest BCUT2D eigenvalue weighted by Gasteiger charge is -2.37. The summed E-state index contributed by atoms with van der Waals surface area (Å²) in [7, 11) is 0. The summed E-state index contributed by atoms with van der Waals surface area (Å²) in [5, 5.41) is 19.5. The maximum atomic E-state index is 9.64. The number of hydrogen-bond acceptors (Lipinski definition) is 3. The highest BCUT2D eigenvalue weighted by Crippen LogP contribution is 2.33. The Labute approximate surface area is 124 Å². The lowest BCUT2D eigenvalue weighted by Crippen LogP contribution is -2.42. The van der Waals surface area contributed by atoms with E-state index < -0.39 is 0 Å². The van der Waals surface area contributed by atoms with Crippen molar-refractivity contribution < 1.29 is 5.11 Å². The normalized spacial score (nSPS) is 18.9. The minimum Gasteiger partial charge on any atom is -0.394 e. The molecule has 4 nitrogen and oxygen atoms in total. The number of aliphatic hydroxyl groups excluding tert-OH is 1. The molecule has 0 spiro atoms. The summed E-state index contributed by atoms with van der Waals surface area (Å²) in [4.78, 5) is 2.30. The molecule has 1 aliphatic rings. The van der Waals surface area contributed by atoms with E-state index in [0.29, 0.717) is 0 Å². The molecular weight excluding hydrogens is 262 g/mol. The number of hydrogen-bond donors (Lipinski definition) is 3. The quantitative estimate of drug-likeness (QED) is 0.598. The zero-order valence-electron chi connectivity index (χ0n) is 12.0. The molecule has 1 atom stereocenters. The lowest BCUT2D eigenvalue weighted by molar-refractivity contribution is 0.240. The van der Waals surface area contributed by atoms with Gasteiger partial charge in [0, 0.05) is 23.2 Å². The van der Waals surface area contributed by atoms with Crippen molar-refractivity contribution in [2.45, 2.75) is 25.3 Å². The highest BCUT2D eigenvalue weighted by Gasteiger charge is 2.23. The number of nitrogens with two attached hydrogens (primary N) is 1. The van der Waals surface area contributed by atoms with E-state index in [1.54, 1.807) is 0 Å². The van der Waals surface area contributed by atoms with Crippen LogP contribution in [0, 0.1) is 5.41 Å². The van der Waals surface area contributed by atoms with Crippen molar-refractivity contribution in [3.63, 3.8) is 0 Å². The lowest BCUT2D eigenvalue weighted by atomic mass is 9.97. The Morgan fingerprint density at radius 2 is 1.95 bits per heavy atom. The molecule has 2 aromatic rings. The van der Waals surface area contributed by atoms with Crippen LogP contribution >= 0.6 is 0 Å². The molecule has 0 bridgehead atoms. The number of amidine groups is 1. The summed E-state index contributed by atoms with van der Waals surface area (Å²) in [6.45, 7) is 1.15. The van der Waals surface area contributed by atoms with Gasteiger partial charge in [-0.05, 0) is 36.8 Å². The number of aliphatic hydroxyl groups is 1. The fourth-order valence-electron chi connectivity index (χ4n) is 3.28. The van der Waals surface area contributed by atoms with E-state index in [2.05, 4.69) is 11.0 Å². The van der Waals surface area contributed by atoms with Crippen molar-refractivity contribution in [1.29, 1.82) is 5.41 Å². The van der Waals surface area contributed by atoms with Crippen LogP contribution < -0.4 is 10.6 Å². The Morgan fingerprint density at radius 3 is 2.67 bits per heavy atom. The number of benzene rings is 2. The Morgan fingerprint density at radius 1 is 1.19 bits per heavy atom. The average molecular weight is 283 g/mol. The summed E-state index contributed by atoms with van der Waals surface area (Å²) in [5.74, 6) is 0.0927. The van der Waals surface area contributed by atoms with Crippen LogP contribution in [0.3, 0.4) is 0 Å². The van der Waals surface area contributed by atoms with Gasteiger partial charge in [0.25, 0.3) is 0 Å². The van der Waals surface area contributed by atoms with Crippen molar-refractivity contribution in [3.05, 3.63) is 42.0 Å². The highest BCUT2D eigenvalue weighted by molar-refractivity contribution is 6.10. The molecule has 4 heteroatoms. The van der Waals surface area contributed by atoms with Gasteiger partial charge in [0.2, 0.25) is 0 Å². The zero-order chi connectivity index (χ0) is 14.8. The number of piperidine rings is 1. The number of anilines is 1. The van der Waals surface area contributed by atoms with Gasteiger partial charge < -0.3 is 15.7 Å². The molecule has 0 amide bonds. The van der Waals surface area contributed by atoms with Gasteiger partial charge in [-0.2, -0.15) is 0 Å². The highest BCUT2D eigenvalue weighted by atomic mass is 16.3. The zero-order valence-corrected chi connectivity index (χ0v) is 12.0. The van der Waals surface area contributed by atoms with Crippen LogP contribution in [0.15, 0.2) is 36.4 Å². The van der Waals surface area contributed by atoms with Crippen molar-refractivity contribution >= 4 is 22.3 Å². The number of nitrogens with one attached hydrogen (secondary N) is 1. The van der Waals surface area contributed by atoms with Crippen molar-refractivity contribution in [3.8, 4) is 0 Å². The van der Waals surface area contributed by atoms with E-state index in [4.69, 9.17) is 11.1 Å². The second-order valence-electron chi connectivity index (χ2n) is 5.62. The van der Waals surface area contributed by atoms with Crippen LogP contribution in [0.2, 0.25) is 0 Å². The van der Waals surface area contributed by atoms with Crippen LogP contribution in [-0.4, -0.2) is 30.1 Å². The first-order chi connectivity index (χ1) is 10.2. The van der Waals surface area contributed by atoms with E-state index in [1.165, 1.54) is 6.42 Å². The van der Waals surface area contributed by atoms with Crippen LogP contribution in [0.25, 0.3) is 10.8 Å². The van der Waals surface area contributed by atoms with Crippen molar-refractivity contribution in [2.75, 3.05) is 18.1 Å². The number of fused-ring (bicyclic) bond motifs is 1. The number of nitrogens with zero attached hydrogens (tertiary/aromatic N) is 1. The molecule has 2 aromatic carbocycles. The molecule has 4 N–H and O–H groups in total. The van der Waals surface area contributed by atoms with Gasteiger partial charge in [-0.15, -0.1) is 0 Å². The molecule has 3 rings (SSSR count). The fraction of sp³-hybridized carbons (Fsp3) is 0.353. The number of nitrogen functional groups attached to an aromatic ring is 1. The summed E-state index contributed by atoms with van der Waals surface area (Å²) in [6, 6.07) is 12.2. The molecule has 0 saturated carbocycles.